The third-order valence-electron chi connectivity index (χ3n) is 4.80. The van der Waals surface area contributed by atoms with Gasteiger partial charge in [-0.15, -0.1) is 11.3 Å². The minimum atomic E-state index is -0.831. The van der Waals surface area contributed by atoms with E-state index in [2.05, 4.69) is 15.3 Å². The number of amides is 2. The summed E-state index contributed by atoms with van der Waals surface area (Å²) in [6, 6.07) is -0.566. The van der Waals surface area contributed by atoms with Crippen LogP contribution in [0.5, 0.6) is 0 Å². The maximum atomic E-state index is 12.9. The number of hydrogen-bond donors (Lipinski definition) is 1. The van der Waals surface area contributed by atoms with E-state index in [1.165, 1.54) is 11.3 Å². The van der Waals surface area contributed by atoms with Crippen molar-refractivity contribution < 1.29 is 14.3 Å². The molecule has 2 aromatic rings. The van der Waals surface area contributed by atoms with E-state index in [-0.39, 0.29) is 18.4 Å². The molecule has 1 aliphatic carbocycles. The minimum absolute atomic E-state index is 0.113. The quantitative estimate of drug-likeness (QED) is 0.859. The summed E-state index contributed by atoms with van der Waals surface area (Å²) in [7, 11) is 1.84. The lowest BCUT2D eigenvalue weighted by Gasteiger charge is -2.39. The van der Waals surface area contributed by atoms with Crippen molar-refractivity contribution in [3.05, 3.63) is 29.3 Å². The molecular formula is C17H21N5O3S. The maximum absolute atomic E-state index is 12.9. The second kappa shape index (κ2) is 6.81. The second-order valence-corrected chi connectivity index (χ2v) is 7.45. The van der Waals surface area contributed by atoms with Crippen LogP contribution < -0.4 is 5.32 Å². The molecule has 9 heteroatoms. The van der Waals surface area contributed by atoms with Crippen LogP contribution in [0.2, 0.25) is 0 Å². The molecule has 0 spiro atoms. The molecule has 4 rings (SSSR count). The van der Waals surface area contributed by atoms with Crippen molar-refractivity contribution in [2.45, 2.75) is 37.8 Å². The fraction of sp³-hybridized carbons (Fsp3) is 0.529. The predicted molar refractivity (Wildman–Crippen MR) is 95.8 cm³/mol. The first kappa shape index (κ1) is 17.2. The van der Waals surface area contributed by atoms with Gasteiger partial charge >= 0.3 is 0 Å². The van der Waals surface area contributed by atoms with Gasteiger partial charge in [-0.2, -0.15) is 0 Å². The molecule has 1 aliphatic heterocycles. The molecule has 2 atom stereocenters. The van der Waals surface area contributed by atoms with Gasteiger partial charge in [-0.25, -0.2) is 9.97 Å². The molecule has 1 N–H and O–H groups in total. The van der Waals surface area contributed by atoms with Crippen LogP contribution in [0.1, 0.15) is 43.2 Å². The Kier molecular flexibility index (Phi) is 4.49. The van der Waals surface area contributed by atoms with Crippen molar-refractivity contribution in [2.24, 2.45) is 7.05 Å². The molecule has 2 aliphatic rings. The number of nitrogens with zero attached hydrogens (tertiary/aromatic N) is 4. The van der Waals surface area contributed by atoms with Crippen LogP contribution in [0.25, 0.3) is 0 Å². The van der Waals surface area contributed by atoms with E-state index in [0.717, 1.165) is 18.5 Å². The molecule has 0 bridgehead atoms. The van der Waals surface area contributed by atoms with E-state index in [1.807, 2.05) is 23.9 Å². The normalized spacial score (nSPS) is 23.3. The molecule has 2 amide bonds. The Hall–Kier alpha value is -2.26. The van der Waals surface area contributed by atoms with E-state index in [9.17, 15) is 9.59 Å². The number of anilines is 1. The Labute approximate surface area is 155 Å². The van der Waals surface area contributed by atoms with Gasteiger partial charge in [0.25, 0.3) is 5.91 Å². The zero-order valence-electron chi connectivity index (χ0n) is 14.7. The van der Waals surface area contributed by atoms with Crippen molar-refractivity contribution in [3.8, 4) is 0 Å². The highest BCUT2D eigenvalue weighted by Gasteiger charge is 2.43. The van der Waals surface area contributed by atoms with Gasteiger partial charge < -0.3 is 14.2 Å². The number of hydrogen-bond acceptors (Lipinski definition) is 6. The lowest BCUT2D eigenvalue weighted by molar-refractivity contribution is -0.162. The lowest BCUT2D eigenvalue weighted by atomic mass is 10.1. The first-order valence-corrected chi connectivity index (χ1v) is 9.61. The molecule has 2 fully saturated rings. The van der Waals surface area contributed by atoms with E-state index in [0.29, 0.717) is 23.4 Å². The average molecular weight is 375 g/mol. The van der Waals surface area contributed by atoms with Crippen LogP contribution in [0.3, 0.4) is 0 Å². The highest BCUT2D eigenvalue weighted by Crippen LogP contribution is 2.41. The first-order chi connectivity index (χ1) is 12.6. The maximum Gasteiger partial charge on any atom is 0.257 e. The van der Waals surface area contributed by atoms with Crippen LogP contribution in [0.15, 0.2) is 17.8 Å². The van der Waals surface area contributed by atoms with E-state index >= 15 is 0 Å². The summed E-state index contributed by atoms with van der Waals surface area (Å²) in [6.45, 7) is 2.25. The number of carbonyl (C=O) groups excluding carboxylic acids is 2. The fourth-order valence-corrected chi connectivity index (χ4v) is 4.06. The molecule has 0 radical (unpaired) electrons. The largest absolute Gasteiger partial charge is 0.356 e. The van der Waals surface area contributed by atoms with Crippen LogP contribution in [0, 0.1) is 0 Å². The topological polar surface area (TPSA) is 89.3 Å². The molecule has 3 heterocycles. The molecule has 0 aromatic carbocycles. The number of ether oxygens (including phenoxy) is 1. The number of likely N-dealkylation sites (N-methyl/N-ethyl adjacent to an activating group) is 1. The van der Waals surface area contributed by atoms with Crippen molar-refractivity contribution in [1.29, 1.82) is 0 Å². The Morgan fingerprint density at radius 2 is 2.27 bits per heavy atom. The monoisotopic (exact) mass is 375 g/mol. The number of carbonyl (C=O) groups is 2. The summed E-state index contributed by atoms with van der Waals surface area (Å²) in [5.74, 6) is 0.713. The number of imidazole rings is 1. The first-order valence-electron chi connectivity index (χ1n) is 8.73. The number of nitrogens with one attached hydrogen (secondary N) is 1. The SMILES string of the molecule is CCN1C(=O)CO[C@H](C(=O)Nc2nc(C3CC3)cs2)[C@H]1c1nccn1C. The summed E-state index contributed by atoms with van der Waals surface area (Å²) < 4.78 is 7.44. The van der Waals surface area contributed by atoms with Gasteiger partial charge in [-0.3, -0.25) is 14.9 Å². The van der Waals surface area contributed by atoms with Crippen molar-refractivity contribution in [3.63, 3.8) is 0 Å². The molecule has 26 heavy (non-hydrogen) atoms. The third-order valence-corrected chi connectivity index (χ3v) is 5.58. The summed E-state index contributed by atoms with van der Waals surface area (Å²) >= 11 is 1.42. The summed E-state index contributed by atoms with van der Waals surface area (Å²) in [6.07, 6.45) is 4.94. The highest BCUT2D eigenvalue weighted by molar-refractivity contribution is 7.13. The predicted octanol–water partition coefficient (Wildman–Crippen LogP) is 1.68. The number of thiazole rings is 1. The number of rotatable bonds is 5. The number of aryl methyl sites for hydroxylation is 1. The van der Waals surface area contributed by atoms with Crippen molar-refractivity contribution in [1.82, 2.24) is 19.4 Å². The molecule has 2 aromatic heterocycles. The van der Waals surface area contributed by atoms with Gasteiger partial charge in [-0.1, -0.05) is 0 Å². The summed E-state index contributed by atoms with van der Waals surface area (Å²) in [5, 5.41) is 5.42. The Morgan fingerprint density at radius 3 is 2.92 bits per heavy atom. The minimum Gasteiger partial charge on any atom is -0.356 e. The van der Waals surface area contributed by atoms with Crippen molar-refractivity contribution >= 4 is 28.3 Å². The number of morpholine rings is 1. The zero-order chi connectivity index (χ0) is 18.3. The molecule has 8 nitrogen and oxygen atoms in total. The van der Waals surface area contributed by atoms with Crippen LogP contribution in [0.4, 0.5) is 5.13 Å². The Balaban J connectivity index is 1.58. The molecule has 0 unspecified atom stereocenters. The van der Waals surface area contributed by atoms with Gasteiger partial charge in [0, 0.05) is 37.3 Å². The average Bonchev–Trinajstić information content (AvgIpc) is 3.23. The van der Waals surface area contributed by atoms with Gasteiger partial charge in [0.1, 0.15) is 18.5 Å². The van der Waals surface area contributed by atoms with Crippen molar-refractivity contribution in [2.75, 3.05) is 18.5 Å². The smallest absolute Gasteiger partial charge is 0.257 e. The van der Waals surface area contributed by atoms with E-state index < -0.39 is 12.1 Å². The number of aromatic nitrogens is 3. The van der Waals surface area contributed by atoms with Crippen LogP contribution >= 0.6 is 11.3 Å². The Morgan fingerprint density at radius 1 is 1.46 bits per heavy atom. The van der Waals surface area contributed by atoms with Crippen LogP contribution in [-0.4, -0.2) is 50.5 Å². The molecular weight excluding hydrogens is 354 g/mol. The standard InChI is InChI=1S/C17H21N5O3S/c1-3-22-12(23)8-25-14(13(22)15-18-6-7-21(15)2)16(24)20-17-19-11(9-26-17)10-4-5-10/h6-7,9-10,13-14H,3-5,8H2,1-2H3,(H,19,20,24)/t13-,14-/m0/s1. The highest BCUT2D eigenvalue weighted by atomic mass is 32.1. The van der Waals surface area contributed by atoms with E-state index in [1.54, 1.807) is 17.3 Å². The zero-order valence-corrected chi connectivity index (χ0v) is 15.5. The van der Waals surface area contributed by atoms with Gasteiger partial charge in [0.2, 0.25) is 5.91 Å². The lowest BCUT2D eigenvalue weighted by Crippen LogP contribution is -2.53. The van der Waals surface area contributed by atoms with Gasteiger partial charge in [0.15, 0.2) is 11.2 Å². The summed E-state index contributed by atoms with van der Waals surface area (Å²) in [4.78, 5) is 35.7. The van der Waals surface area contributed by atoms with Gasteiger partial charge in [-0.05, 0) is 19.8 Å². The third kappa shape index (κ3) is 3.12. The fourth-order valence-electron chi connectivity index (χ4n) is 3.27. The molecule has 1 saturated carbocycles. The van der Waals surface area contributed by atoms with E-state index in [4.69, 9.17) is 4.74 Å². The summed E-state index contributed by atoms with van der Waals surface area (Å²) in [5.41, 5.74) is 1.04. The molecule has 1 saturated heterocycles. The molecule has 138 valence electrons. The second-order valence-electron chi connectivity index (χ2n) is 6.59. The van der Waals surface area contributed by atoms with Crippen LogP contribution in [-0.2, 0) is 21.4 Å². The van der Waals surface area contributed by atoms with Gasteiger partial charge in [0.05, 0.1) is 5.69 Å². The Bertz CT molecular complexity index is 828.